The second kappa shape index (κ2) is 9.05. The summed E-state index contributed by atoms with van der Waals surface area (Å²) >= 11 is 0. The quantitative estimate of drug-likeness (QED) is 0.324. The lowest BCUT2D eigenvalue weighted by molar-refractivity contribution is 0.0473. The van der Waals surface area contributed by atoms with Crippen LogP contribution in [0.25, 0.3) is 11.0 Å². The number of aryl methyl sites for hydroxylation is 2. The Labute approximate surface area is 189 Å². The van der Waals surface area contributed by atoms with Crippen LogP contribution in [0.3, 0.4) is 0 Å². The average Bonchev–Trinajstić information content (AvgIpc) is 3.32. The molecule has 0 bridgehead atoms. The van der Waals surface area contributed by atoms with Crippen molar-refractivity contribution in [3.63, 3.8) is 0 Å². The Morgan fingerprint density at radius 3 is 2.52 bits per heavy atom. The van der Waals surface area contributed by atoms with E-state index in [2.05, 4.69) is 4.72 Å². The zero-order valence-corrected chi connectivity index (χ0v) is 18.8. The molecular weight excluding hydrogens is 446 g/mol. The number of benzene rings is 2. The number of furan rings is 1. The van der Waals surface area contributed by atoms with Crippen LogP contribution >= 0.6 is 0 Å². The van der Waals surface area contributed by atoms with Crippen LogP contribution in [-0.2, 0) is 27.9 Å². The van der Waals surface area contributed by atoms with Crippen LogP contribution in [0, 0.1) is 13.8 Å². The van der Waals surface area contributed by atoms with Gasteiger partial charge in [0, 0.05) is 17.0 Å². The van der Waals surface area contributed by atoms with Gasteiger partial charge in [-0.2, -0.15) is 0 Å². The maximum atomic E-state index is 12.5. The number of hydrogen-bond acceptors (Lipinski definition) is 7. The highest BCUT2D eigenvalue weighted by atomic mass is 32.2. The molecule has 9 heteroatoms. The first-order valence-electron chi connectivity index (χ1n) is 10.1. The van der Waals surface area contributed by atoms with Gasteiger partial charge in [0.2, 0.25) is 10.0 Å². The van der Waals surface area contributed by atoms with Crippen LogP contribution in [0.4, 0.5) is 0 Å². The van der Waals surface area contributed by atoms with E-state index < -0.39 is 21.6 Å². The smallest absolute Gasteiger partial charge is 0.338 e. The van der Waals surface area contributed by atoms with Gasteiger partial charge in [0.1, 0.15) is 18.0 Å². The number of carbonyl (C=O) groups excluding carboxylic acids is 1. The molecule has 0 radical (unpaired) electrons. The molecule has 0 aliphatic carbocycles. The van der Waals surface area contributed by atoms with Gasteiger partial charge in [0.25, 0.3) is 0 Å². The maximum absolute atomic E-state index is 12.5. The van der Waals surface area contributed by atoms with Crippen LogP contribution in [0.1, 0.15) is 32.8 Å². The fraction of sp³-hybridized carbons (Fsp3) is 0.167. The first-order chi connectivity index (χ1) is 15.7. The van der Waals surface area contributed by atoms with E-state index in [-0.39, 0.29) is 23.6 Å². The number of sulfonamides is 1. The van der Waals surface area contributed by atoms with Gasteiger partial charge < -0.3 is 13.6 Å². The molecule has 0 saturated carbocycles. The summed E-state index contributed by atoms with van der Waals surface area (Å²) in [5, 5.41) is 0.689. The number of carbonyl (C=O) groups is 1. The van der Waals surface area contributed by atoms with Crippen molar-refractivity contribution < 1.29 is 26.8 Å². The molecule has 2 aromatic heterocycles. The van der Waals surface area contributed by atoms with Crippen molar-refractivity contribution >= 4 is 27.0 Å². The molecule has 170 valence electrons. The molecular formula is C24H21NO7S. The molecule has 0 amide bonds. The summed E-state index contributed by atoms with van der Waals surface area (Å²) in [4.78, 5) is 24.5. The summed E-state index contributed by atoms with van der Waals surface area (Å²) in [5.74, 6) is -0.167. The molecule has 0 aliphatic heterocycles. The third-order valence-electron chi connectivity index (χ3n) is 5.29. The molecule has 33 heavy (non-hydrogen) atoms. The summed E-state index contributed by atoms with van der Waals surface area (Å²) in [6.45, 7) is 3.65. The topological polar surface area (TPSA) is 116 Å². The molecule has 8 nitrogen and oxygen atoms in total. The van der Waals surface area contributed by atoms with Gasteiger partial charge in [0.15, 0.2) is 0 Å². The number of hydrogen-bond donors (Lipinski definition) is 1. The van der Waals surface area contributed by atoms with Gasteiger partial charge in [-0.15, -0.1) is 0 Å². The summed E-state index contributed by atoms with van der Waals surface area (Å²) in [7, 11) is -3.78. The molecule has 0 atom stereocenters. The first kappa shape index (κ1) is 22.5. The summed E-state index contributed by atoms with van der Waals surface area (Å²) in [6, 6.07) is 13.7. The third kappa shape index (κ3) is 4.89. The molecule has 0 fully saturated rings. The summed E-state index contributed by atoms with van der Waals surface area (Å²) in [5.41, 5.74) is 2.46. The minimum Gasteiger partial charge on any atom is -0.468 e. The third-order valence-corrected chi connectivity index (χ3v) is 6.71. The average molecular weight is 467 g/mol. The minimum absolute atomic E-state index is 0.00288. The molecule has 4 aromatic rings. The van der Waals surface area contributed by atoms with Gasteiger partial charge in [-0.1, -0.05) is 12.1 Å². The molecule has 0 spiro atoms. The zero-order chi connectivity index (χ0) is 23.6. The fourth-order valence-corrected chi connectivity index (χ4v) is 4.30. The van der Waals surface area contributed by atoms with Crippen LogP contribution in [-0.4, -0.2) is 14.4 Å². The molecule has 2 aromatic carbocycles. The Hall–Kier alpha value is -3.69. The highest BCUT2D eigenvalue weighted by Gasteiger charge is 2.17. The van der Waals surface area contributed by atoms with Crippen molar-refractivity contribution in [2.45, 2.75) is 31.9 Å². The van der Waals surface area contributed by atoms with Crippen LogP contribution < -0.4 is 10.3 Å². The first-order valence-corrected chi connectivity index (χ1v) is 11.5. The number of rotatable bonds is 7. The zero-order valence-electron chi connectivity index (χ0n) is 18.0. The molecule has 4 rings (SSSR count). The summed E-state index contributed by atoms with van der Waals surface area (Å²) in [6.07, 6.45) is 1.46. The van der Waals surface area contributed by atoms with Gasteiger partial charge in [-0.05, 0) is 61.4 Å². The van der Waals surface area contributed by atoms with Gasteiger partial charge in [-0.25, -0.2) is 22.7 Å². The highest BCUT2D eigenvalue weighted by molar-refractivity contribution is 7.89. The Morgan fingerprint density at radius 1 is 1.06 bits per heavy atom. The Balaban J connectivity index is 1.46. The lowest BCUT2D eigenvalue weighted by Gasteiger charge is -2.10. The standard InChI is InChI=1S/C24H21NO7S/c1-15-5-10-21-18(12-22(26)32-23(21)16(15)2)14-31-24(27)17-6-8-20(9-7-17)33(28,29)25-13-19-4-3-11-30-19/h3-12,25H,13-14H2,1-2H3. The normalized spacial score (nSPS) is 11.6. The molecule has 1 N–H and O–H groups in total. The molecule has 0 aliphatic rings. The van der Waals surface area contributed by atoms with Gasteiger partial charge in [-0.3, -0.25) is 0 Å². The predicted molar refractivity (Wildman–Crippen MR) is 120 cm³/mol. The van der Waals surface area contributed by atoms with Crippen LogP contribution in [0.5, 0.6) is 0 Å². The Morgan fingerprint density at radius 2 is 1.82 bits per heavy atom. The predicted octanol–water partition coefficient (Wildman–Crippen LogP) is 3.84. The molecule has 2 heterocycles. The van der Waals surface area contributed by atoms with E-state index >= 15 is 0 Å². The number of nitrogens with one attached hydrogen (secondary N) is 1. The van der Waals surface area contributed by atoms with E-state index in [1.54, 1.807) is 12.1 Å². The lowest BCUT2D eigenvalue weighted by Crippen LogP contribution is -2.23. The van der Waals surface area contributed by atoms with Gasteiger partial charge >= 0.3 is 11.6 Å². The van der Waals surface area contributed by atoms with Crippen molar-refractivity contribution in [1.82, 2.24) is 4.72 Å². The van der Waals surface area contributed by atoms with Crippen molar-refractivity contribution in [3.8, 4) is 0 Å². The lowest BCUT2D eigenvalue weighted by atomic mass is 10.0. The second-order valence-electron chi connectivity index (χ2n) is 7.48. The van der Waals surface area contributed by atoms with Gasteiger partial charge in [0.05, 0.1) is 23.3 Å². The van der Waals surface area contributed by atoms with E-state index in [0.29, 0.717) is 22.3 Å². The van der Waals surface area contributed by atoms with Crippen LogP contribution in [0.15, 0.2) is 79.4 Å². The van der Waals surface area contributed by atoms with E-state index in [1.165, 1.54) is 36.6 Å². The van der Waals surface area contributed by atoms with Crippen molar-refractivity contribution in [2.75, 3.05) is 0 Å². The Kier molecular flexibility index (Phi) is 6.17. The Bertz CT molecular complexity index is 1470. The van der Waals surface area contributed by atoms with Crippen molar-refractivity contribution in [2.24, 2.45) is 0 Å². The van der Waals surface area contributed by atoms with E-state index in [0.717, 1.165) is 11.1 Å². The number of esters is 1. The van der Waals surface area contributed by atoms with Crippen molar-refractivity contribution in [1.29, 1.82) is 0 Å². The SMILES string of the molecule is Cc1ccc2c(COC(=O)c3ccc(S(=O)(=O)NCc4ccco4)cc3)cc(=O)oc2c1C. The number of fused-ring (bicyclic) bond motifs is 1. The van der Waals surface area contributed by atoms with E-state index in [4.69, 9.17) is 13.6 Å². The number of ether oxygens (including phenoxy) is 1. The van der Waals surface area contributed by atoms with Crippen LogP contribution in [0.2, 0.25) is 0 Å². The molecule has 0 unspecified atom stereocenters. The maximum Gasteiger partial charge on any atom is 0.338 e. The van der Waals surface area contributed by atoms with E-state index in [9.17, 15) is 18.0 Å². The second-order valence-corrected chi connectivity index (χ2v) is 9.25. The highest BCUT2D eigenvalue weighted by Crippen LogP contribution is 2.24. The largest absolute Gasteiger partial charge is 0.468 e. The van der Waals surface area contributed by atoms with E-state index in [1.807, 2.05) is 26.0 Å². The summed E-state index contributed by atoms with van der Waals surface area (Å²) < 4.78 is 43.1. The fourth-order valence-electron chi connectivity index (χ4n) is 3.30. The minimum atomic E-state index is -3.78. The molecule has 0 saturated heterocycles. The van der Waals surface area contributed by atoms with Crippen molar-refractivity contribution in [3.05, 3.63) is 99.3 Å². The monoisotopic (exact) mass is 467 g/mol.